The molecule has 0 saturated carbocycles. The highest BCUT2D eigenvalue weighted by molar-refractivity contribution is 5.91. The maximum absolute atomic E-state index is 11.1. The zero-order valence-corrected chi connectivity index (χ0v) is 17.3. The molecule has 1 atom stereocenters. The number of unbranched alkanes of at least 4 members (excludes halogenated alkanes) is 1. The summed E-state index contributed by atoms with van der Waals surface area (Å²) in [5, 5.41) is 24.9. The highest BCUT2D eigenvalue weighted by Gasteiger charge is 2.17. The summed E-state index contributed by atoms with van der Waals surface area (Å²) in [5.74, 6) is -7.61. The summed E-state index contributed by atoms with van der Waals surface area (Å²) in [5.41, 5.74) is 10.4. The van der Waals surface area contributed by atoms with Crippen LogP contribution in [0.5, 0.6) is 0 Å². The highest BCUT2D eigenvalue weighted by atomic mass is 16.6. The molecule has 0 fully saturated rings. The van der Waals surface area contributed by atoms with Gasteiger partial charge in [0.15, 0.2) is 0 Å². The van der Waals surface area contributed by atoms with Gasteiger partial charge in [-0.15, -0.1) is 0 Å². The lowest BCUT2D eigenvalue weighted by molar-refractivity contribution is -0.165. The first kappa shape index (κ1) is 30.8. The minimum atomic E-state index is -1.23. The van der Waals surface area contributed by atoms with Gasteiger partial charge in [-0.05, 0) is 19.4 Å². The molecule has 0 heterocycles. The van der Waals surface area contributed by atoms with E-state index in [9.17, 15) is 33.6 Å². The smallest absolute Gasteiger partial charge is 0.320 e. The molecule has 0 radical (unpaired) electrons. The molecule has 0 saturated heterocycles. The number of hydrogen-bond acceptors (Lipinski definition) is 11. The predicted octanol–water partition coefficient (Wildman–Crippen LogP) is -0.837. The molecule has 0 aromatic rings. The number of nitrogens with two attached hydrogens (primary N) is 2. The van der Waals surface area contributed by atoms with Crippen molar-refractivity contribution >= 4 is 41.8 Å². The van der Waals surface area contributed by atoms with E-state index in [-0.39, 0.29) is 0 Å². The fraction of sp³-hybridized carbons (Fsp3) is 0.611. The van der Waals surface area contributed by atoms with Crippen LogP contribution in [0.3, 0.4) is 0 Å². The predicted molar refractivity (Wildman–Crippen MR) is 104 cm³/mol. The van der Waals surface area contributed by atoms with E-state index in [2.05, 4.69) is 9.47 Å². The molecule has 0 rings (SSSR count). The fourth-order valence-corrected chi connectivity index (χ4v) is 1.71. The second-order valence-corrected chi connectivity index (χ2v) is 6.21. The molecule has 182 valence electrons. The molecule has 0 aliphatic carbocycles. The third-order valence-corrected chi connectivity index (χ3v) is 3.36. The van der Waals surface area contributed by atoms with E-state index in [0.717, 1.165) is 12.8 Å². The van der Waals surface area contributed by atoms with Crippen LogP contribution < -0.4 is 11.5 Å². The third kappa shape index (κ3) is 21.3. The number of carbonyl (C=O) groups is 7. The van der Waals surface area contributed by atoms with Gasteiger partial charge in [0, 0.05) is 0 Å². The first-order chi connectivity index (χ1) is 14.9. The van der Waals surface area contributed by atoms with Gasteiger partial charge >= 0.3 is 41.8 Å². The van der Waals surface area contributed by atoms with E-state index in [1.54, 1.807) is 0 Å². The minimum absolute atomic E-state index is 0.487. The first-order valence-electron chi connectivity index (χ1n) is 9.48. The lowest BCUT2D eigenvalue weighted by atomic mass is 10.1. The number of hydrogen-bond donors (Lipinski definition) is 5. The van der Waals surface area contributed by atoms with Crippen molar-refractivity contribution in [3.8, 4) is 0 Å². The van der Waals surface area contributed by atoms with Crippen LogP contribution in [0.25, 0.3) is 0 Å². The second-order valence-electron chi connectivity index (χ2n) is 6.21. The number of rotatable bonds is 14. The Morgan fingerprint density at radius 3 is 1.25 bits per heavy atom. The molecule has 0 spiro atoms. The Morgan fingerprint density at radius 2 is 0.969 bits per heavy atom. The molecule has 0 aromatic carbocycles. The van der Waals surface area contributed by atoms with Gasteiger partial charge < -0.3 is 36.3 Å². The number of carboxylic acid groups (broad SMARTS) is 3. The van der Waals surface area contributed by atoms with Gasteiger partial charge in [0.1, 0.15) is 6.04 Å². The largest absolute Gasteiger partial charge is 0.481 e. The first-order valence-corrected chi connectivity index (χ1v) is 9.48. The van der Waals surface area contributed by atoms with Gasteiger partial charge in [-0.25, -0.2) is 0 Å². The standard InChI is InChI=1S/C12H14O10.C6H14N2O2/c13-7(14)1-3-9(17)21-11(19)5-6-12(20)22-10(18)4-2-8(15)16;7-4-2-1-3-5(8)6(9)10/h1-6H2,(H,13,14)(H,15,16);5H,1-4,7-8H2,(H,9,10)/t;5-/m.0/s1. The number of esters is 4. The molecule has 0 bridgehead atoms. The van der Waals surface area contributed by atoms with E-state index in [1.807, 2.05) is 0 Å². The van der Waals surface area contributed by atoms with Crippen LogP contribution in [0.2, 0.25) is 0 Å². The van der Waals surface area contributed by atoms with E-state index in [1.165, 1.54) is 0 Å². The SMILES string of the molecule is NCCCC[C@H](N)C(=O)O.O=C(O)CCC(=O)OC(=O)CCC(=O)OC(=O)CCC(=O)O. The molecule has 0 aliphatic rings. The summed E-state index contributed by atoms with van der Waals surface area (Å²) in [7, 11) is 0. The van der Waals surface area contributed by atoms with Crippen LogP contribution in [0.4, 0.5) is 0 Å². The highest BCUT2D eigenvalue weighted by Crippen LogP contribution is 2.01. The molecule has 32 heavy (non-hydrogen) atoms. The van der Waals surface area contributed by atoms with Crippen molar-refractivity contribution in [1.29, 1.82) is 0 Å². The van der Waals surface area contributed by atoms with Crippen molar-refractivity contribution in [2.75, 3.05) is 6.54 Å². The van der Waals surface area contributed by atoms with Crippen molar-refractivity contribution in [3.63, 3.8) is 0 Å². The maximum Gasteiger partial charge on any atom is 0.320 e. The summed E-state index contributed by atoms with van der Waals surface area (Å²) in [6.07, 6.45) is -0.873. The van der Waals surface area contributed by atoms with Gasteiger partial charge in [0.05, 0.1) is 38.5 Å². The molecule has 0 amide bonds. The number of carbonyl (C=O) groups excluding carboxylic acids is 4. The monoisotopic (exact) mass is 464 g/mol. The number of aliphatic carboxylic acids is 3. The number of carboxylic acids is 3. The quantitative estimate of drug-likeness (QED) is 0.119. The fourth-order valence-electron chi connectivity index (χ4n) is 1.71. The number of ether oxygens (including phenoxy) is 2. The van der Waals surface area contributed by atoms with Crippen LogP contribution in [0, 0.1) is 0 Å². The Bertz CT molecular complexity index is 633. The normalized spacial score (nSPS) is 10.7. The molecule has 0 unspecified atom stereocenters. The Labute approximate surface area is 182 Å². The van der Waals surface area contributed by atoms with Gasteiger partial charge in [-0.2, -0.15) is 0 Å². The Kier molecular flexibility index (Phi) is 17.7. The molecule has 14 heteroatoms. The van der Waals surface area contributed by atoms with Crippen molar-refractivity contribution in [1.82, 2.24) is 0 Å². The van der Waals surface area contributed by atoms with Gasteiger partial charge in [-0.1, -0.05) is 6.42 Å². The summed E-state index contributed by atoms with van der Waals surface area (Å²) in [4.78, 5) is 74.8. The zero-order valence-electron chi connectivity index (χ0n) is 17.3. The topological polar surface area (TPSA) is 251 Å². The Hall–Kier alpha value is -3.39. The summed E-state index contributed by atoms with van der Waals surface area (Å²) in [6.45, 7) is 0.604. The van der Waals surface area contributed by atoms with Crippen LogP contribution >= 0.6 is 0 Å². The van der Waals surface area contributed by atoms with Crippen molar-refractivity contribution in [3.05, 3.63) is 0 Å². The maximum atomic E-state index is 11.1. The van der Waals surface area contributed by atoms with Crippen LogP contribution in [0.1, 0.15) is 57.8 Å². The molecular weight excluding hydrogens is 436 g/mol. The Balaban J connectivity index is 0. The lowest BCUT2D eigenvalue weighted by Crippen LogP contribution is -2.29. The van der Waals surface area contributed by atoms with E-state index < -0.39 is 86.4 Å². The zero-order chi connectivity index (χ0) is 25.1. The molecule has 7 N–H and O–H groups in total. The minimum Gasteiger partial charge on any atom is -0.481 e. The van der Waals surface area contributed by atoms with Gasteiger partial charge in [0.2, 0.25) is 0 Å². The lowest BCUT2D eigenvalue weighted by Gasteiger charge is -2.03. The van der Waals surface area contributed by atoms with Crippen LogP contribution in [-0.2, 0) is 43.0 Å². The van der Waals surface area contributed by atoms with E-state index >= 15 is 0 Å². The molecule has 0 aliphatic heterocycles. The average molecular weight is 464 g/mol. The van der Waals surface area contributed by atoms with E-state index in [4.69, 9.17) is 26.8 Å². The summed E-state index contributed by atoms with van der Waals surface area (Å²) >= 11 is 0. The average Bonchev–Trinajstić information content (AvgIpc) is 2.69. The molecule has 0 aromatic heterocycles. The van der Waals surface area contributed by atoms with Crippen molar-refractivity contribution in [2.24, 2.45) is 11.5 Å². The van der Waals surface area contributed by atoms with Crippen molar-refractivity contribution < 1.29 is 58.4 Å². The molecule has 14 nitrogen and oxygen atoms in total. The van der Waals surface area contributed by atoms with Crippen molar-refractivity contribution in [2.45, 2.75) is 63.8 Å². The summed E-state index contributed by atoms with van der Waals surface area (Å²) < 4.78 is 8.45. The van der Waals surface area contributed by atoms with Gasteiger partial charge in [-0.3, -0.25) is 33.6 Å². The third-order valence-electron chi connectivity index (χ3n) is 3.36. The van der Waals surface area contributed by atoms with Crippen LogP contribution in [-0.4, -0.2) is 69.7 Å². The second kappa shape index (κ2) is 18.4. The molecular formula is C18H28N2O12. The van der Waals surface area contributed by atoms with Crippen LogP contribution in [0.15, 0.2) is 0 Å². The Morgan fingerprint density at radius 1 is 0.625 bits per heavy atom. The van der Waals surface area contributed by atoms with E-state index in [0.29, 0.717) is 13.0 Å². The summed E-state index contributed by atoms with van der Waals surface area (Å²) in [6, 6.07) is -0.716. The van der Waals surface area contributed by atoms with Gasteiger partial charge in [0.25, 0.3) is 0 Å².